The predicted octanol–water partition coefficient (Wildman–Crippen LogP) is 27.8. The van der Waals surface area contributed by atoms with Crippen molar-refractivity contribution in [2.75, 3.05) is 26.2 Å². The number of unbranched alkanes of at least 4 members (excludes halogenated alkanes) is 60. The Bertz CT molecular complexity index is 1190. The van der Waals surface area contributed by atoms with E-state index in [0.29, 0.717) is 0 Å². The molecule has 0 saturated heterocycles. The fourth-order valence-electron chi connectivity index (χ4n) is 13.7. The van der Waals surface area contributed by atoms with E-state index >= 15 is 0 Å². The van der Waals surface area contributed by atoms with Gasteiger partial charge in [-0.2, -0.15) is 0 Å². The SMILES string of the molecule is CCCCCCCCCCCCCCCCCCN(CCCCCCCCCCCCCCCCCC)Cc1cc(CO)cc(CN(CCCCCCCCCCCCCCCCCC)CCCCCCCCCCCCCCCCCC)c1. The number of benzene rings is 1. The van der Waals surface area contributed by atoms with Crippen LogP contribution in [-0.4, -0.2) is 41.1 Å². The fourth-order valence-corrected chi connectivity index (χ4v) is 13.7. The van der Waals surface area contributed by atoms with Gasteiger partial charge in [0, 0.05) is 13.1 Å². The quantitative estimate of drug-likeness (QED) is 0.0659. The van der Waals surface area contributed by atoms with Crippen molar-refractivity contribution in [1.82, 2.24) is 9.80 Å². The first kappa shape index (κ1) is 81.1. The number of aliphatic hydroxyl groups is 1. The second-order valence-corrected chi connectivity index (χ2v) is 28.1. The molecule has 0 aliphatic rings. The maximum Gasteiger partial charge on any atom is 0.0682 e. The smallest absolute Gasteiger partial charge is 0.0682 e. The van der Waals surface area contributed by atoms with Crippen molar-refractivity contribution in [3.63, 3.8) is 0 Å². The molecule has 0 spiro atoms. The number of hydrogen-bond donors (Lipinski definition) is 1. The van der Waals surface area contributed by atoms with Gasteiger partial charge in [0.05, 0.1) is 6.61 Å². The highest BCUT2D eigenvalue weighted by atomic mass is 16.3. The van der Waals surface area contributed by atoms with Crippen LogP contribution in [0, 0.1) is 0 Å². The number of aliphatic hydroxyl groups excluding tert-OH is 1. The Hall–Kier alpha value is -0.900. The van der Waals surface area contributed by atoms with Crippen LogP contribution in [0.25, 0.3) is 0 Å². The molecule has 1 N–H and O–H groups in total. The molecule has 0 amide bonds. The van der Waals surface area contributed by atoms with E-state index in [2.05, 4.69) is 55.7 Å². The van der Waals surface area contributed by atoms with Crippen molar-refractivity contribution < 1.29 is 5.11 Å². The summed E-state index contributed by atoms with van der Waals surface area (Å²) in [4.78, 5) is 5.64. The molecule has 3 heteroatoms. The van der Waals surface area contributed by atoms with Crippen molar-refractivity contribution in [3.8, 4) is 0 Å². The molecule has 0 aliphatic heterocycles. The van der Waals surface area contributed by atoms with Crippen LogP contribution in [0.5, 0.6) is 0 Å². The topological polar surface area (TPSA) is 26.7 Å². The van der Waals surface area contributed by atoms with E-state index in [9.17, 15) is 5.11 Å². The van der Waals surface area contributed by atoms with Crippen LogP contribution < -0.4 is 0 Å². The first-order valence-corrected chi connectivity index (χ1v) is 39.8. The van der Waals surface area contributed by atoms with Crippen LogP contribution in [0.3, 0.4) is 0 Å². The minimum absolute atomic E-state index is 0.150. The lowest BCUT2D eigenvalue weighted by molar-refractivity contribution is 0.247. The lowest BCUT2D eigenvalue weighted by Crippen LogP contribution is -2.27. The summed E-state index contributed by atoms with van der Waals surface area (Å²) in [6, 6.07) is 7.27. The molecule has 0 atom stereocenters. The first-order chi connectivity index (χ1) is 41.7. The molecule has 1 aromatic carbocycles. The van der Waals surface area contributed by atoms with E-state index in [1.807, 2.05) is 0 Å². The molecule has 498 valence electrons. The molecule has 0 unspecified atom stereocenters. The van der Waals surface area contributed by atoms with Crippen molar-refractivity contribution in [2.45, 2.75) is 458 Å². The summed E-state index contributed by atoms with van der Waals surface area (Å²) >= 11 is 0. The van der Waals surface area contributed by atoms with E-state index in [1.54, 1.807) is 0 Å². The van der Waals surface area contributed by atoms with Crippen LogP contribution in [0.1, 0.15) is 455 Å². The van der Waals surface area contributed by atoms with Crippen molar-refractivity contribution in [1.29, 1.82) is 0 Å². The van der Waals surface area contributed by atoms with Gasteiger partial charge in [-0.1, -0.05) is 431 Å². The minimum atomic E-state index is 0.150. The molecule has 0 fully saturated rings. The molecule has 0 radical (unpaired) electrons. The largest absolute Gasteiger partial charge is 0.392 e. The third kappa shape index (κ3) is 60.0. The molecule has 1 aromatic rings. The predicted molar refractivity (Wildman–Crippen MR) is 381 cm³/mol. The van der Waals surface area contributed by atoms with Gasteiger partial charge in [0.25, 0.3) is 0 Å². The molecule has 0 aliphatic carbocycles. The zero-order chi connectivity index (χ0) is 60.2. The molecule has 3 nitrogen and oxygen atoms in total. The van der Waals surface area contributed by atoms with Crippen LogP contribution in [-0.2, 0) is 19.7 Å². The highest BCUT2D eigenvalue weighted by Crippen LogP contribution is 2.22. The summed E-state index contributed by atoms with van der Waals surface area (Å²) in [6.07, 6.45) is 91.5. The second-order valence-electron chi connectivity index (χ2n) is 28.1. The number of hydrogen-bond acceptors (Lipinski definition) is 3. The fraction of sp³-hybridized carbons (Fsp3) is 0.926. The normalized spacial score (nSPS) is 11.9. The Morgan fingerprint density at radius 2 is 0.321 bits per heavy atom. The average molecular weight is 1180 g/mol. The van der Waals surface area contributed by atoms with Gasteiger partial charge in [0.1, 0.15) is 0 Å². The van der Waals surface area contributed by atoms with Gasteiger partial charge in [0.15, 0.2) is 0 Å². The molecule has 0 heterocycles. The monoisotopic (exact) mass is 1180 g/mol. The van der Waals surface area contributed by atoms with Crippen LogP contribution in [0.4, 0.5) is 0 Å². The third-order valence-corrected chi connectivity index (χ3v) is 19.4. The van der Waals surface area contributed by atoms with E-state index in [-0.39, 0.29) is 6.61 Å². The standard InChI is InChI=1S/C81H158N2O/c1-5-9-13-17-21-25-29-33-37-41-45-49-53-57-61-65-69-82(70-66-62-58-54-50-46-42-38-34-30-26-22-18-14-10-6-2)76-79-73-80(75-81(74-79)78-84)77-83(71-67-63-59-55-51-47-43-39-35-31-27-23-19-15-11-7-3)72-68-64-60-56-52-48-44-40-36-32-28-24-20-16-12-8-4/h73-75,84H,5-72,76-78H2,1-4H3. The highest BCUT2D eigenvalue weighted by molar-refractivity contribution is 5.30. The Labute approximate surface area is 531 Å². The van der Waals surface area contributed by atoms with Crippen LogP contribution in [0.2, 0.25) is 0 Å². The van der Waals surface area contributed by atoms with E-state index in [0.717, 1.165) is 18.7 Å². The van der Waals surface area contributed by atoms with Gasteiger partial charge in [0.2, 0.25) is 0 Å². The minimum Gasteiger partial charge on any atom is -0.392 e. The van der Waals surface area contributed by atoms with E-state index < -0.39 is 0 Å². The Morgan fingerprint density at radius 1 is 0.190 bits per heavy atom. The zero-order valence-electron chi connectivity index (χ0n) is 58.8. The number of nitrogens with zero attached hydrogens (tertiary/aromatic N) is 2. The summed E-state index contributed by atoms with van der Waals surface area (Å²) in [7, 11) is 0. The summed E-state index contributed by atoms with van der Waals surface area (Å²) in [5, 5.41) is 10.7. The Morgan fingerprint density at radius 3 is 0.464 bits per heavy atom. The maximum absolute atomic E-state index is 10.7. The maximum atomic E-state index is 10.7. The van der Waals surface area contributed by atoms with Crippen molar-refractivity contribution in [2.24, 2.45) is 0 Å². The summed E-state index contributed by atoms with van der Waals surface area (Å²) < 4.78 is 0. The average Bonchev–Trinajstić information content (AvgIpc) is 3.65. The van der Waals surface area contributed by atoms with Gasteiger partial charge < -0.3 is 5.11 Å². The summed E-state index contributed by atoms with van der Waals surface area (Å²) in [5.74, 6) is 0. The van der Waals surface area contributed by atoms with Crippen LogP contribution in [0.15, 0.2) is 18.2 Å². The van der Waals surface area contributed by atoms with Gasteiger partial charge in [-0.3, -0.25) is 9.80 Å². The lowest BCUT2D eigenvalue weighted by atomic mass is 10.0. The molecule has 84 heavy (non-hydrogen) atoms. The zero-order valence-corrected chi connectivity index (χ0v) is 58.8. The van der Waals surface area contributed by atoms with Gasteiger partial charge in [-0.15, -0.1) is 0 Å². The van der Waals surface area contributed by atoms with Gasteiger partial charge in [-0.25, -0.2) is 0 Å². The molecular weight excluding hydrogens is 1020 g/mol. The van der Waals surface area contributed by atoms with Crippen molar-refractivity contribution in [3.05, 3.63) is 34.9 Å². The lowest BCUT2D eigenvalue weighted by Gasteiger charge is -2.25. The summed E-state index contributed by atoms with van der Waals surface area (Å²) in [5.41, 5.74) is 4.00. The Balaban J connectivity index is 2.76. The summed E-state index contributed by atoms with van der Waals surface area (Å²) in [6.45, 7) is 16.4. The van der Waals surface area contributed by atoms with Crippen LogP contribution >= 0.6 is 0 Å². The molecule has 0 bridgehead atoms. The molecule has 1 rings (SSSR count). The van der Waals surface area contributed by atoms with Crippen molar-refractivity contribution >= 4 is 0 Å². The Kier molecular flexibility index (Phi) is 67.2. The second kappa shape index (κ2) is 69.6. The third-order valence-electron chi connectivity index (χ3n) is 19.4. The molecular formula is C81H158N2O. The first-order valence-electron chi connectivity index (χ1n) is 39.8. The van der Waals surface area contributed by atoms with Gasteiger partial charge >= 0.3 is 0 Å². The highest BCUT2D eigenvalue weighted by Gasteiger charge is 2.13. The van der Waals surface area contributed by atoms with E-state index in [1.165, 1.54) is 448 Å². The van der Waals surface area contributed by atoms with Gasteiger partial charge in [-0.05, 0) is 68.6 Å². The number of rotatable bonds is 73. The molecule has 0 aromatic heterocycles. The molecule has 0 saturated carbocycles. The van der Waals surface area contributed by atoms with E-state index in [4.69, 9.17) is 0 Å².